The smallest absolute Gasteiger partial charge is 0.201 e. The van der Waals surface area contributed by atoms with Gasteiger partial charge in [0.05, 0.1) is 0 Å². The van der Waals surface area contributed by atoms with Crippen molar-refractivity contribution in [2.45, 2.75) is 20.8 Å². The van der Waals surface area contributed by atoms with E-state index in [0.29, 0.717) is 0 Å². The lowest BCUT2D eigenvalue weighted by molar-refractivity contribution is 0.454. The molecule has 0 N–H and O–H groups in total. The normalized spacial score (nSPS) is 12.2. The van der Waals surface area contributed by atoms with E-state index in [2.05, 4.69) is 56.1 Å². The van der Waals surface area contributed by atoms with Crippen LogP contribution in [0.2, 0.25) is 0 Å². The predicted molar refractivity (Wildman–Crippen MR) is 98.5 cm³/mol. The standard InChI is InChI=1S/C21H22N2O/c1-21(2,3)15-20(23-14-13-22-16-23)24-19-11-9-18(10-12-19)17-7-5-4-6-8-17/h4-16H,1-3H3/b20-15-. The molecule has 2 aromatic carbocycles. The van der Waals surface area contributed by atoms with Crippen molar-refractivity contribution in [2.24, 2.45) is 5.41 Å². The molecule has 3 rings (SSSR count). The summed E-state index contributed by atoms with van der Waals surface area (Å²) in [5, 5.41) is 0. The van der Waals surface area contributed by atoms with Crippen LogP contribution in [0.5, 0.6) is 5.75 Å². The molecule has 0 bridgehead atoms. The SMILES string of the molecule is CC(C)(C)/C=C(\Oc1ccc(-c2ccccc2)cc1)n1ccnc1. The third-order valence-electron chi connectivity index (χ3n) is 3.50. The highest BCUT2D eigenvalue weighted by atomic mass is 16.5. The average Bonchev–Trinajstić information content (AvgIpc) is 3.09. The van der Waals surface area contributed by atoms with Gasteiger partial charge in [0.25, 0.3) is 0 Å². The van der Waals surface area contributed by atoms with Crippen LogP contribution in [0.15, 0.2) is 79.4 Å². The Morgan fingerprint density at radius 1 is 0.958 bits per heavy atom. The summed E-state index contributed by atoms with van der Waals surface area (Å²) in [5.41, 5.74) is 2.37. The number of hydrogen-bond donors (Lipinski definition) is 0. The van der Waals surface area contributed by atoms with Crippen LogP contribution in [-0.4, -0.2) is 9.55 Å². The lowest BCUT2D eigenvalue weighted by Crippen LogP contribution is -2.09. The Hall–Kier alpha value is -2.81. The lowest BCUT2D eigenvalue weighted by atomic mass is 9.97. The van der Waals surface area contributed by atoms with E-state index in [0.717, 1.165) is 11.6 Å². The highest BCUT2D eigenvalue weighted by Crippen LogP contribution is 2.26. The van der Waals surface area contributed by atoms with Gasteiger partial charge in [-0.25, -0.2) is 4.98 Å². The molecule has 122 valence electrons. The van der Waals surface area contributed by atoms with Crippen molar-refractivity contribution in [3.63, 3.8) is 0 Å². The molecule has 0 aliphatic carbocycles. The van der Waals surface area contributed by atoms with Crippen LogP contribution in [0.4, 0.5) is 0 Å². The highest BCUT2D eigenvalue weighted by Gasteiger charge is 2.12. The Morgan fingerprint density at radius 2 is 1.62 bits per heavy atom. The molecule has 1 aromatic heterocycles. The number of benzene rings is 2. The van der Waals surface area contributed by atoms with Crippen molar-refractivity contribution in [3.05, 3.63) is 79.4 Å². The minimum Gasteiger partial charge on any atom is -0.441 e. The first-order chi connectivity index (χ1) is 11.5. The van der Waals surface area contributed by atoms with Gasteiger partial charge < -0.3 is 4.74 Å². The molecule has 1 heterocycles. The fourth-order valence-corrected chi connectivity index (χ4v) is 2.38. The summed E-state index contributed by atoms with van der Waals surface area (Å²) in [4.78, 5) is 4.11. The van der Waals surface area contributed by atoms with Crippen LogP contribution >= 0.6 is 0 Å². The van der Waals surface area contributed by atoms with E-state index in [9.17, 15) is 0 Å². The summed E-state index contributed by atoms with van der Waals surface area (Å²) in [5.74, 6) is 1.56. The maximum absolute atomic E-state index is 6.11. The molecule has 3 nitrogen and oxygen atoms in total. The van der Waals surface area contributed by atoms with Crippen LogP contribution in [0, 0.1) is 5.41 Å². The van der Waals surface area contributed by atoms with Gasteiger partial charge in [0.2, 0.25) is 5.88 Å². The highest BCUT2D eigenvalue weighted by molar-refractivity contribution is 5.64. The Bertz CT molecular complexity index is 795. The summed E-state index contributed by atoms with van der Waals surface area (Å²) in [6, 6.07) is 18.5. The molecular formula is C21H22N2O. The Kier molecular flexibility index (Phi) is 4.52. The summed E-state index contributed by atoms with van der Waals surface area (Å²) >= 11 is 0. The molecule has 0 saturated heterocycles. The van der Waals surface area contributed by atoms with Crippen molar-refractivity contribution in [3.8, 4) is 16.9 Å². The fourth-order valence-electron chi connectivity index (χ4n) is 2.38. The van der Waals surface area contributed by atoms with Crippen molar-refractivity contribution in [1.82, 2.24) is 9.55 Å². The Labute approximate surface area is 143 Å². The molecule has 24 heavy (non-hydrogen) atoms. The van der Waals surface area contributed by atoms with Crippen molar-refractivity contribution < 1.29 is 4.74 Å². The molecule has 0 fully saturated rings. The number of rotatable bonds is 4. The molecule has 0 radical (unpaired) electrons. The zero-order valence-electron chi connectivity index (χ0n) is 14.3. The Balaban J connectivity index is 1.84. The fraction of sp³-hybridized carbons (Fsp3) is 0.190. The molecule has 0 unspecified atom stereocenters. The van der Waals surface area contributed by atoms with E-state index in [-0.39, 0.29) is 5.41 Å². The van der Waals surface area contributed by atoms with E-state index in [1.54, 1.807) is 12.5 Å². The number of ether oxygens (including phenoxy) is 1. The third-order valence-corrected chi connectivity index (χ3v) is 3.50. The van der Waals surface area contributed by atoms with Crippen LogP contribution in [0.3, 0.4) is 0 Å². The molecule has 3 heteroatoms. The molecule has 0 amide bonds. The third kappa shape index (κ3) is 4.13. The maximum Gasteiger partial charge on any atom is 0.201 e. The van der Waals surface area contributed by atoms with E-state index in [1.165, 1.54) is 11.1 Å². The van der Waals surface area contributed by atoms with Gasteiger partial charge in [-0.15, -0.1) is 0 Å². The number of nitrogens with zero attached hydrogens (tertiary/aromatic N) is 2. The van der Waals surface area contributed by atoms with Crippen molar-refractivity contribution >= 4 is 5.88 Å². The minimum absolute atomic E-state index is 0.00355. The average molecular weight is 318 g/mol. The largest absolute Gasteiger partial charge is 0.441 e. The van der Waals surface area contributed by atoms with E-state index < -0.39 is 0 Å². The van der Waals surface area contributed by atoms with Crippen LogP contribution in [0.25, 0.3) is 17.0 Å². The molecule has 0 aliphatic heterocycles. The summed E-state index contributed by atoms with van der Waals surface area (Å²) in [6.45, 7) is 6.43. The lowest BCUT2D eigenvalue weighted by Gasteiger charge is -2.17. The maximum atomic E-state index is 6.11. The van der Waals surface area contributed by atoms with Crippen LogP contribution in [0.1, 0.15) is 20.8 Å². The zero-order valence-corrected chi connectivity index (χ0v) is 14.3. The van der Waals surface area contributed by atoms with E-state index >= 15 is 0 Å². The second kappa shape index (κ2) is 6.75. The van der Waals surface area contributed by atoms with Gasteiger partial charge in [-0.05, 0) is 34.8 Å². The van der Waals surface area contributed by atoms with Gasteiger partial charge >= 0.3 is 0 Å². The first kappa shape index (κ1) is 16.1. The van der Waals surface area contributed by atoms with E-state index in [1.807, 2.05) is 41.1 Å². The van der Waals surface area contributed by atoms with Crippen molar-refractivity contribution in [1.29, 1.82) is 0 Å². The molecule has 0 saturated carbocycles. The number of aromatic nitrogens is 2. The zero-order chi connectivity index (χ0) is 17.0. The minimum atomic E-state index is 0.00355. The first-order valence-electron chi connectivity index (χ1n) is 8.06. The van der Waals surface area contributed by atoms with Crippen LogP contribution in [-0.2, 0) is 0 Å². The molecule has 0 atom stereocenters. The monoisotopic (exact) mass is 318 g/mol. The quantitative estimate of drug-likeness (QED) is 0.596. The topological polar surface area (TPSA) is 27.1 Å². The van der Waals surface area contributed by atoms with Crippen LogP contribution < -0.4 is 4.74 Å². The predicted octanol–water partition coefficient (Wildman–Crippen LogP) is 5.47. The second-order valence-corrected chi connectivity index (χ2v) is 6.81. The Morgan fingerprint density at radius 3 is 2.21 bits per heavy atom. The summed E-state index contributed by atoms with van der Waals surface area (Å²) in [7, 11) is 0. The number of imidazole rings is 1. The number of hydrogen-bond acceptors (Lipinski definition) is 2. The number of allylic oxidation sites excluding steroid dienone is 1. The summed E-state index contributed by atoms with van der Waals surface area (Å²) in [6.07, 6.45) is 7.48. The van der Waals surface area contributed by atoms with Gasteiger partial charge in [0.15, 0.2) is 0 Å². The first-order valence-corrected chi connectivity index (χ1v) is 8.06. The molecule has 0 spiro atoms. The van der Waals surface area contributed by atoms with E-state index in [4.69, 9.17) is 4.74 Å². The summed E-state index contributed by atoms with van der Waals surface area (Å²) < 4.78 is 8.00. The molecular weight excluding hydrogens is 296 g/mol. The van der Waals surface area contributed by atoms with Gasteiger partial charge in [-0.2, -0.15) is 0 Å². The van der Waals surface area contributed by atoms with Crippen molar-refractivity contribution in [2.75, 3.05) is 0 Å². The van der Waals surface area contributed by atoms with Gasteiger partial charge in [0.1, 0.15) is 12.1 Å². The second-order valence-electron chi connectivity index (χ2n) is 6.81. The molecule has 3 aromatic rings. The van der Waals surface area contributed by atoms with Gasteiger partial charge in [0, 0.05) is 12.4 Å². The van der Waals surface area contributed by atoms with Gasteiger partial charge in [-0.3, -0.25) is 4.57 Å². The molecule has 0 aliphatic rings. The van der Waals surface area contributed by atoms with Gasteiger partial charge in [-0.1, -0.05) is 63.2 Å².